The number of methoxy groups -OCH3 is 1. The van der Waals surface area contributed by atoms with Crippen molar-refractivity contribution in [2.45, 2.75) is 32.5 Å². The summed E-state index contributed by atoms with van der Waals surface area (Å²) in [6, 6.07) is 16.6. The molecule has 3 aromatic rings. The number of hydrogen-bond acceptors (Lipinski definition) is 6. The van der Waals surface area contributed by atoms with Gasteiger partial charge in [0.2, 0.25) is 0 Å². The lowest BCUT2D eigenvalue weighted by Crippen LogP contribution is -2.46. The Morgan fingerprint density at radius 3 is 2.49 bits per heavy atom. The molecule has 0 fully saturated rings. The Bertz CT molecular complexity index is 1470. The van der Waals surface area contributed by atoms with Crippen LogP contribution in [0.1, 0.15) is 40.1 Å². The van der Waals surface area contributed by atoms with Crippen LogP contribution in [0.15, 0.2) is 66.7 Å². The van der Waals surface area contributed by atoms with Crippen molar-refractivity contribution in [3.63, 3.8) is 0 Å². The molecule has 1 aliphatic heterocycles. The summed E-state index contributed by atoms with van der Waals surface area (Å²) in [5, 5.41) is 14.9. The van der Waals surface area contributed by atoms with Gasteiger partial charge in [0.1, 0.15) is 18.2 Å². The van der Waals surface area contributed by atoms with Gasteiger partial charge in [0.25, 0.3) is 5.91 Å². The van der Waals surface area contributed by atoms with Gasteiger partial charge < -0.3 is 30.1 Å². The molecule has 0 radical (unpaired) electrons. The summed E-state index contributed by atoms with van der Waals surface area (Å²) in [4.78, 5) is 41.7. The minimum Gasteiger partial charge on any atom is -0.491 e. The predicted octanol–water partition coefficient (Wildman–Crippen LogP) is 5.17. The SMILES string of the molecule is CO[C@@H]1CN(C)C(=O)c2ccc(NC(=O)Nc3ccccc3F)cc2OC[C@@H](C)N(Cc2ccccc2C(=O)O)C[C@H]1C. The Morgan fingerprint density at radius 2 is 1.77 bits per heavy atom. The van der Waals surface area contributed by atoms with Crippen LogP contribution in [0.25, 0.3) is 0 Å². The van der Waals surface area contributed by atoms with Crippen LogP contribution >= 0.6 is 0 Å². The lowest BCUT2D eigenvalue weighted by molar-refractivity contribution is 0.00915. The van der Waals surface area contributed by atoms with E-state index in [1.165, 1.54) is 18.2 Å². The molecular formula is C32H37FN4O6. The molecule has 0 bridgehead atoms. The van der Waals surface area contributed by atoms with E-state index in [1.54, 1.807) is 61.5 Å². The first-order valence-corrected chi connectivity index (χ1v) is 14.0. The minimum absolute atomic E-state index is 0.00173. The number of nitrogens with zero attached hydrogens (tertiary/aromatic N) is 2. The average molecular weight is 593 g/mol. The summed E-state index contributed by atoms with van der Waals surface area (Å²) in [5.74, 6) is -1.57. The highest BCUT2D eigenvalue weighted by Crippen LogP contribution is 2.28. The first-order valence-electron chi connectivity index (χ1n) is 14.0. The van der Waals surface area contributed by atoms with E-state index in [1.807, 2.05) is 19.9 Å². The van der Waals surface area contributed by atoms with Crippen molar-refractivity contribution in [3.05, 3.63) is 89.2 Å². The number of ether oxygens (including phenoxy) is 2. The van der Waals surface area contributed by atoms with Gasteiger partial charge in [-0.2, -0.15) is 0 Å². The summed E-state index contributed by atoms with van der Waals surface area (Å²) in [5.41, 5.74) is 1.59. The largest absolute Gasteiger partial charge is 0.491 e. The highest BCUT2D eigenvalue weighted by atomic mass is 19.1. The number of nitrogens with one attached hydrogen (secondary N) is 2. The zero-order valence-electron chi connectivity index (χ0n) is 24.7. The van der Waals surface area contributed by atoms with Crippen molar-refractivity contribution >= 4 is 29.3 Å². The average Bonchev–Trinajstić information content (AvgIpc) is 2.98. The van der Waals surface area contributed by atoms with Crippen molar-refractivity contribution in [3.8, 4) is 5.75 Å². The topological polar surface area (TPSA) is 120 Å². The number of aromatic carboxylic acids is 1. The number of carbonyl (C=O) groups is 3. The fourth-order valence-corrected chi connectivity index (χ4v) is 5.08. The van der Waals surface area contributed by atoms with Crippen LogP contribution in [-0.4, -0.2) is 78.8 Å². The maximum Gasteiger partial charge on any atom is 0.336 e. The van der Waals surface area contributed by atoms with Crippen molar-refractivity contribution in [1.29, 1.82) is 0 Å². The van der Waals surface area contributed by atoms with E-state index in [0.29, 0.717) is 36.4 Å². The molecule has 3 aromatic carbocycles. The smallest absolute Gasteiger partial charge is 0.336 e. The van der Waals surface area contributed by atoms with E-state index in [2.05, 4.69) is 15.5 Å². The first kappa shape index (κ1) is 31.5. The number of anilines is 2. The number of halogens is 1. The van der Waals surface area contributed by atoms with E-state index < -0.39 is 17.8 Å². The predicted molar refractivity (Wildman–Crippen MR) is 161 cm³/mol. The number of hydrogen-bond donors (Lipinski definition) is 3. The number of carboxylic acid groups (broad SMARTS) is 1. The minimum atomic E-state index is -0.996. The summed E-state index contributed by atoms with van der Waals surface area (Å²) < 4.78 is 26.0. The number of benzene rings is 3. The molecule has 3 amide bonds. The van der Waals surface area contributed by atoms with E-state index in [-0.39, 0.29) is 47.6 Å². The molecule has 0 unspecified atom stereocenters. The normalized spacial score (nSPS) is 19.8. The highest BCUT2D eigenvalue weighted by molar-refractivity contribution is 6.01. The molecule has 0 aliphatic carbocycles. The second-order valence-electron chi connectivity index (χ2n) is 10.8. The van der Waals surface area contributed by atoms with Crippen LogP contribution in [0.4, 0.5) is 20.6 Å². The monoisotopic (exact) mass is 592 g/mol. The number of rotatable bonds is 6. The first-order chi connectivity index (χ1) is 20.6. The molecule has 0 aromatic heterocycles. The van der Waals surface area contributed by atoms with Gasteiger partial charge in [-0.1, -0.05) is 37.3 Å². The number of para-hydroxylation sites is 1. The molecule has 3 N–H and O–H groups in total. The molecule has 0 saturated heterocycles. The zero-order chi connectivity index (χ0) is 31.1. The summed E-state index contributed by atoms with van der Waals surface area (Å²) in [7, 11) is 3.30. The van der Waals surface area contributed by atoms with E-state index >= 15 is 0 Å². The Kier molecular flexibility index (Phi) is 10.3. The Balaban J connectivity index is 1.62. The maximum absolute atomic E-state index is 14.0. The van der Waals surface area contributed by atoms with E-state index in [4.69, 9.17) is 9.47 Å². The fourth-order valence-electron chi connectivity index (χ4n) is 5.08. The molecular weight excluding hydrogens is 555 g/mol. The third-order valence-corrected chi connectivity index (χ3v) is 7.58. The Labute approximate surface area is 250 Å². The molecule has 4 rings (SSSR count). The number of likely N-dealkylation sites (N-methyl/N-ethyl adjacent to an activating group) is 1. The van der Waals surface area contributed by atoms with E-state index in [0.717, 1.165) is 0 Å². The number of carboxylic acids is 1. The van der Waals surface area contributed by atoms with Crippen molar-refractivity contribution in [2.75, 3.05) is 44.5 Å². The van der Waals surface area contributed by atoms with Gasteiger partial charge in [-0.05, 0) is 48.7 Å². The zero-order valence-corrected chi connectivity index (χ0v) is 24.7. The number of carbonyl (C=O) groups excluding carboxylic acids is 2. The van der Waals surface area contributed by atoms with Crippen LogP contribution in [0, 0.1) is 11.7 Å². The molecule has 10 nitrogen and oxygen atoms in total. The second-order valence-corrected chi connectivity index (χ2v) is 10.8. The quantitative estimate of drug-likeness (QED) is 0.361. The Hall–Kier alpha value is -4.48. The van der Waals surface area contributed by atoms with Gasteiger partial charge in [0, 0.05) is 51.6 Å². The van der Waals surface area contributed by atoms with Gasteiger partial charge in [0.15, 0.2) is 0 Å². The molecule has 1 aliphatic rings. The van der Waals surface area contributed by atoms with Crippen LogP contribution in [0.3, 0.4) is 0 Å². The standard InChI is InChI=1S/C32H37FN4O6/c1-20-16-37(17-22-9-5-6-10-24(22)31(39)40)21(2)19-43-28-15-23(34-32(41)35-27-12-8-7-11-26(27)33)13-14-25(28)30(38)36(3)18-29(20)42-4/h5-15,20-21,29H,16-19H2,1-4H3,(H,39,40)(H2,34,35,41)/t20-,21-,29-/m1/s1. The summed E-state index contributed by atoms with van der Waals surface area (Å²) in [6.07, 6.45) is -0.287. The Morgan fingerprint density at radius 1 is 1.05 bits per heavy atom. The fraction of sp³-hybridized carbons (Fsp3) is 0.344. The van der Waals surface area contributed by atoms with Gasteiger partial charge >= 0.3 is 12.0 Å². The van der Waals surface area contributed by atoms with Crippen LogP contribution in [0.5, 0.6) is 5.75 Å². The van der Waals surface area contributed by atoms with Crippen molar-refractivity contribution < 1.29 is 33.4 Å². The van der Waals surface area contributed by atoms with Crippen LogP contribution < -0.4 is 15.4 Å². The van der Waals surface area contributed by atoms with Crippen molar-refractivity contribution in [1.82, 2.24) is 9.80 Å². The number of urea groups is 1. The maximum atomic E-state index is 14.0. The second kappa shape index (κ2) is 14.1. The summed E-state index contributed by atoms with van der Waals surface area (Å²) >= 11 is 0. The molecule has 11 heteroatoms. The molecule has 0 spiro atoms. The van der Waals surface area contributed by atoms with Crippen molar-refractivity contribution in [2.24, 2.45) is 5.92 Å². The number of amides is 3. The lowest BCUT2D eigenvalue weighted by atomic mass is 10.00. The van der Waals surface area contributed by atoms with Gasteiger partial charge in [-0.15, -0.1) is 0 Å². The third-order valence-electron chi connectivity index (χ3n) is 7.58. The van der Waals surface area contributed by atoms with Gasteiger partial charge in [-0.25, -0.2) is 14.0 Å². The third kappa shape index (κ3) is 7.88. The van der Waals surface area contributed by atoms with Crippen LogP contribution in [-0.2, 0) is 11.3 Å². The highest BCUT2D eigenvalue weighted by Gasteiger charge is 2.29. The van der Waals surface area contributed by atoms with Crippen LogP contribution in [0.2, 0.25) is 0 Å². The molecule has 1 heterocycles. The lowest BCUT2D eigenvalue weighted by Gasteiger charge is -2.36. The molecule has 228 valence electrons. The summed E-state index contributed by atoms with van der Waals surface area (Å²) in [6.45, 7) is 5.43. The molecule has 43 heavy (non-hydrogen) atoms. The van der Waals surface area contributed by atoms with Gasteiger partial charge in [0.05, 0.1) is 22.9 Å². The van der Waals surface area contributed by atoms with E-state index in [9.17, 15) is 23.9 Å². The molecule has 0 saturated carbocycles. The number of fused-ring (bicyclic) bond motifs is 1. The molecule has 3 atom stereocenters. The van der Waals surface area contributed by atoms with Gasteiger partial charge in [-0.3, -0.25) is 9.69 Å².